The lowest BCUT2D eigenvalue weighted by atomic mass is 10.1. The maximum Gasteiger partial charge on any atom is 0.222 e. The predicted molar refractivity (Wildman–Crippen MR) is 60.6 cm³/mol. The molecule has 0 bridgehead atoms. The summed E-state index contributed by atoms with van der Waals surface area (Å²) in [5.74, 6) is 0.400. The van der Waals surface area contributed by atoms with E-state index < -0.39 is 0 Å². The molecule has 0 saturated heterocycles. The zero-order valence-corrected chi connectivity index (χ0v) is 8.73. The summed E-state index contributed by atoms with van der Waals surface area (Å²) in [4.78, 5) is 8.03. The maximum atomic E-state index is 13.3. The van der Waals surface area contributed by atoms with E-state index in [0.717, 1.165) is 0 Å². The molecule has 0 aliphatic rings. The Morgan fingerprint density at radius 2 is 1.81 bits per heavy atom. The second-order valence-corrected chi connectivity index (χ2v) is 3.34. The van der Waals surface area contributed by atoms with Crippen LogP contribution in [0, 0.1) is 5.82 Å². The topological polar surface area (TPSA) is 37.8 Å². The van der Waals surface area contributed by atoms with Crippen LogP contribution >= 0.6 is 0 Å². The molecule has 0 unspecified atom stereocenters. The van der Waals surface area contributed by atoms with E-state index >= 15 is 0 Å². The highest BCUT2D eigenvalue weighted by molar-refractivity contribution is 5.24. The third kappa shape index (κ3) is 2.76. The van der Waals surface area contributed by atoms with Gasteiger partial charge >= 0.3 is 0 Å². The van der Waals surface area contributed by atoms with Crippen molar-refractivity contribution in [1.82, 2.24) is 9.97 Å². The molecule has 0 fully saturated rings. The standard InChI is InChI=1S/C12H12FN3/c13-11-5-2-1-4-10(11)6-9-16-12-14-7-3-8-15-12/h1-5,7-8H,6,9H2,(H,14,15,16). The summed E-state index contributed by atoms with van der Waals surface area (Å²) in [5.41, 5.74) is 0.700. The molecule has 2 aromatic rings. The molecule has 1 aromatic carbocycles. The van der Waals surface area contributed by atoms with Crippen molar-refractivity contribution in [3.63, 3.8) is 0 Å². The van der Waals surface area contributed by atoms with E-state index in [1.165, 1.54) is 6.07 Å². The molecular weight excluding hydrogens is 205 g/mol. The first kappa shape index (κ1) is 10.5. The first-order valence-electron chi connectivity index (χ1n) is 5.10. The van der Waals surface area contributed by atoms with Crippen LogP contribution < -0.4 is 5.32 Å². The first-order valence-corrected chi connectivity index (χ1v) is 5.10. The Morgan fingerprint density at radius 3 is 2.56 bits per heavy atom. The zero-order valence-electron chi connectivity index (χ0n) is 8.73. The molecule has 1 N–H and O–H groups in total. The fraction of sp³-hybridized carbons (Fsp3) is 0.167. The van der Waals surface area contributed by atoms with Gasteiger partial charge in [-0.3, -0.25) is 0 Å². The van der Waals surface area contributed by atoms with Crippen LogP contribution in [-0.4, -0.2) is 16.5 Å². The highest BCUT2D eigenvalue weighted by Gasteiger charge is 2.00. The smallest absolute Gasteiger partial charge is 0.222 e. The summed E-state index contributed by atoms with van der Waals surface area (Å²) >= 11 is 0. The van der Waals surface area contributed by atoms with E-state index in [9.17, 15) is 4.39 Å². The normalized spacial score (nSPS) is 10.1. The van der Waals surface area contributed by atoms with E-state index in [0.29, 0.717) is 24.5 Å². The third-order valence-corrected chi connectivity index (χ3v) is 2.20. The molecule has 0 amide bonds. The molecule has 1 heterocycles. The van der Waals surface area contributed by atoms with Crippen molar-refractivity contribution in [2.24, 2.45) is 0 Å². The molecule has 0 radical (unpaired) electrons. The molecule has 0 atom stereocenters. The predicted octanol–water partition coefficient (Wildman–Crippen LogP) is 2.27. The SMILES string of the molecule is Fc1ccccc1CCNc1ncccn1. The number of aromatic nitrogens is 2. The minimum absolute atomic E-state index is 0.168. The number of benzene rings is 1. The van der Waals surface area contributed by atoms with Crippen molar-refractivity contribution in [2.45, 2.75) is 6.42 Å². The van der Waals surface area contributed by atoms with Gasteiger partial charge < -0.3 is 5.32 Å². The number of anilines is 1. The van der Waals surface area contributed by atoms with Crippen LogP contribution in [0.3, 0.4) is 0 Å². The van der Waals surface area contributed by atoms with E-state index in [2.05, 4.69) is 15.3 Å². The van der Waals surface area contributed by atoms with Crippen molar-refractivity contribution in [3.05, 3.63) is 54.1 Å². The second kappa shape index (κ2) is 5.21. The molecule has 16 heavy (non-hydrogen) atoms. The number of nitrogens with zero attached hydrogens (tertiary/aromatic N) is 2. The second-order valence-electron chi connectivity index (χ2n) is 3.34. The number of hydrogen-bond acceptors (Lipinski definition) is 3. The molecule has 2 rings (SSSR count). The van der Waals surface area contributed by atoms with Crippen LogP contribution in [0.1, 0.15) is 5.56 Å². The third-order valence-electron chi connectivity index (χ3n) is 2.20. The van der Waals surface area contributed by atoms with Gasteiger partial charge in [0, 0.05) is 18.9 Å². The Labute approximate surface area is 93.4 Å². The summed E-state index contributed by atoms with van der Waals surface area (Å²) in [7, 11) is 0. The number of rotatable bonds is 4. The molecule has 0 aliphatic carbocycles. The summed E-state index contributed by atoms with van der Waals surface area (Å²) in [6.07, 6.45) is 3.95. The van der Waals surface area contributed by atoms with Gasteiger partial charge in [-0.1, -0.05) is 18.2 Å². The first-order chi connectivity index (χ1) is 7.86. The Kier molecular flexibility index (Phi) is 3.43. The van der Waals surface area contributed by atoms with Crippen LogP contribution in [0.2, 0.25) is 0 Å². The minimum Gasteiger partial charge on any atom is -0.354 e. The van der Waals surface area contributed by atoms with Gasteiger partial charge in [-0.15, -0.1) is 0 Å². The van der Waals surface area contributed by atoms with Gasteiger partial charge in [-0.2, -0.15) is 0 Å². The van der Waals surface area contributed by atoms with Crippen LogP contribution in [0.25, 0.3) is 0 Å². The highest BCUT2D eigenvalue weighted by atomic mass is 19.1. The Morgan fingerprint density at radius 1 is 1.06 bits per heavy atom. The van der Waals surface area contributed by atoms with Crippen molar-refractivity contribution < 1.29 is 4.39 Å². The average Bonchev–Trinajstić information content (AvgIpc) is 2.33. The maximum absolute atomic E-state index is 13.3. The van der Waals surface area contributed by atoms with E-state index in [1.807, 2.05) is 6.07 Å². The van der Waals surface area contributed by atoms with Gasteiger partial charge in [0.25, 0.3) is 0 Å². The van der Waals surface area contributed by atoms with E-state index in [1.54, 1.807) is 30.6 Å². The zero-order chi connectivity index (χ0) is 11.2. The number of nitrogens with one attached hydrogen (secondary N) is 1. The van der Waals surface area contributed by atoms with Crippen molar-refractivity contribution >= 4 is 5.95 Å². The van der Waals surface area contributed by atoms with Gasteiger partial charge in [-0.05, 0) is 24.1 Å². The van der Waals surface area contributed by atoms with Gasteiger partial charge in [0.1, 0.15) is 5.82 Å². The van der Waals surface area contributed by atoms with Crippen LogP contribution in [-0.2, 0) is 6.42 Å². The Hall–Kier alpha value is -1.97. The van der Waals surface area contributed by atoms with Gasteiger partial charge in [0.2, 0.25) is 5.95 Å². The Bertz CT molecular complexity index is 445. The van der Waals surface area contributed by atoms with Crippen LogP contribution in [0.15, 0.2) is 42.7 Å². The fourth-order valence-electron chi connectivity index (χ4n) is 1.40. The average molecular weight is 217 g/mol. The minimum atomic E-state index is -0.168. The van der Waals surface area contributed by atoms with Gasteiger partial charge in [-0.25, -0.2) is 14.4 Å². The molecule has 1 aromatic heterocycles. The fourth-order valence-corrected chi connectivity index (χ4v) is 1.40. The monoisotopic (exact) mass is 217 g/mol. The molecule has 0 aliphatic heterocycles. The van der Waals surface area contributed by atoms with Crippen molar-refractivity contribution in [3.8, 4) is 0 Å². The lowest BCUT2D eigenvalue weighted by Crippen LogP contribution is -2.08. The van der Waals surface area contributed by atoms with E-state index in [4.69, 9.17) is 0 Å². The largest absolute Gasteiger partial charge is 0.354 e. The molecule has 0 spiro atoms. The summed E-state index contributed by atoms with van der Waals surface area (Å²) in [6.45, 7) is 0.616. The van der Waals surface area contributed by atoms with Crippen molar-refractivity contribution in [2.75, 3.05) is 11.9 Å². The molecule has 82 valence electrons. The summed E-state index contributed by atoms with van der Waals surface area (Å²) in [5, 5.41) is 3.03. The Balaban J connectivity index is 1.87. The molecular formula is C12H12FN3. The lowest BCUT2D eigenvalue weighted by molar-refractivity contribution is 0.610. The molecule has 3 nitrogen and oxygen atoms in total. The van der Waals surface area contributed by atoms with Crippen molar-refractivity contribution in [1.29, 1.82) is 0 Å². The molecule has 0 saturated carbocycles. The molecule has 4 heteroatoms. The number of halogens is 1. The van der Waals surface area contributed by atoms with Gasteiger partial charge in [0.15, 0.2) is 0 Å². The quantitative estimate of drug-likeness (QED) is 0.853. The summed E-state index contributed by atoms with van der Waals surface area (Å²) in [6, 6.07) is 8.52. The lowest BCUT2D eigenvalue weighted by Gasteiger charge is -2.04. The highest BCUT2D eigenvalue weighted by Crippen LogP contribution is 2.07. The number of hydrogen-bond donors (Lipinski definition) is 1. The van der Waals surface area contributed by atoms with Gasteiger partial charge in [0.05, 0.1) is 0 Å². The summed E-state index contributed by atoms with van der Waals surface area (Å²) < 4.78 is 13.3. The van der Waals surface area contributed by atoms with Crippen LogP contribution in [0.4, 0.5) is 10.3 Å². The van der Waals surface area contributed by atoms with Crippen LogP contribution in [0.5, 0.6) is 0 Å². The van der Waals surface area contributed by atoms with E-state index in [-0.39, 0.29) is 5.82 Å².